The average Bonchev–Trinajstić information content (AvgIpc) is 2.97. The number of fused-ring (bicyclic) bond motifs is 1. The molecule has 1 saturated heterocycles. The van der Waals surface area contributed by atoms with Gasteiger partial charge in [0.05, 0.1) is 11.5 Å². The summed E-state index contributed by atoms with van der Waals surface area (Å²) < 4.78 is 5.51. The van der Waals surface area contributed by atoms with Crippen LogP contribution in [0.15, 0.2) is 28.9 Å². The van der Waals surface area contributed by atoms with Crippen molar-refractivity contribution in [3.8, 4) is 0 Å². The number of piperidine rings is 1. The number of benzene rings is 1. The Morgan fingerprint density at radius 1 is 1.35 bits per heavy atom. The molecule has 1 fully saturated rings. The second-order valence-electron chi connectivity index (χ2n) is 6.25. The van der Waals surface area contributed by atoms with Gasteiger partial charge in [0.1, 0.15) is 11.8 Å². The molecule has 2 unspecified atom stereocenters. The van der Waals surface area contributed by atoms with Crippen molar-refractivity contribution in [2.75, 3.05) is 6.54 Å². The van der Waals surface area contributed by atoms with Gasteiger partial charge in [-0.05, 0) is 43.9 Å². The number of likely N-dealkylation sites (tertiary alicyclic amines) is 1. The fourth-order valence-electron chi connectivity index (χ4n) is 3.21. The summed E-state index contributed by atoms with van der Waals surface area (Å²) in [5.41, 5.74) is 2.35. The topological polar surface area (TPSA) is 70.8 Å². The standard InChI is InChI=1S/C18H21NO4/c1-3-12-5-7-16-14(8-12)15(10-23-16)17(20)19-9-13(18(21)22)6-4-11(19)2/h5,7-8,10-11,13H,3-4,6,9H2,1-2H3,(H,21,22). The van der Waals surface area contributed by atoms with Crippen molar-refractivity contribution in [1.29, 1.82) is 0 Å². The second-order valence-corrected chi connectivity index (χ2v) is 6.25. The SMILES string of the molecule is CCc1ccc2occ(C(=O)N3CC(C(=O)O)CCC3C)c2c1. The lowest BCUT2D eigenvalue weighted by Gasteiger charge is -2.36. The lowest BCUT2D eigenvalue weighted by Crippen LogP contribution is -2.47. The molecule has 1 aliphatic rings. The Balaban J connectivity index is 1.94. The lowest BCUT2D eigenvalue weighted by molar-refractivity contribution is -0.143. The van der Waals surface area contributed by atoms with Crippen LogP contribution < -0.4 is 0 Å². The molecular weight excluding hydrogens is 294 g/mol. The fraction of sp³-hybridized carbons (Fsp3) is 0.444. The molecule has 5 nitrogen and oxygen atoms in total. The number of carboxylic acid groups (broad SMARTS) is 1. The molecule has 122 valence electrons. The number of carbonyl (C=O) groups is 2. The van der Waals surface area contributed by atoms with Gasteiger partial charge in [-0.15, -0.1) is 0 Å². The van der Waals surface area contributed by atoms with Gasteiger partial charge in [0.25, 0.3) is 5.91 Å². The number of amides is 1. The van der Waals surface area contributed by atoms with Crippen molar-refractivity contribution >= 4 is 22.8 Å². The maximum atomic E-state index is 12.9. The third kappa shape index (κ3) is 2.83. The Bertz CT molecular complexity index is 749. The van der Waals surface area contributed by atoms with Gasteiger partial charge in [0.2, 0.25) is 0 Å². The number of hydrogen-bond acceptors (Lipinski definition) is 3. The van der Waals surface area contributed by atoms with E-state index in [1.54, 1.807) is 4.90 Å². The molecule has 1 aromatic heterocycles. The number of carbonyl (C=O) groups excluding carboxylic acids is 1. The summed E-state index contributed by atoms with van der Waals surface area (Å²) in [4.78, 5) is 25.9. The van der Waals surface area contributed by atoms with Crippen molar-refractivity contribution in [3.63, 3.8) is 0 Å². The summed E-state index contributed by atoms with van der Waals surface area (Å²) in [6.45, 7) is 4.29. The third-order valence-electron chi connectivity index (χ3n) is 4.77. The Hall–Kier alpha value is -2.30. The number of nitrogens with zero attached hydrogens (tertiary/aromatic N) is 1. The highest BCUT2D eigenvalue weighted by Gasteiger charge is 2.34. The van der Waals surface area contributed by atoms with Crippen LogP contribution in [0.25, 0.3) is 11.0 Å². The molecule has 23 heavy (non-hydrogen) atoms. The zero-order chi connectivity index (χ0) is 16.6. The molecule has 0 spiro atoms. The van der Waals surface area contributed by atoms with Gasteiger partial charge < -0.3 is 14.4 Å². The van der Waals surface area contributed by atoms with Crippen LogP contribution in [-0.4, -0.2) is 34.5 Å². The Morgan fingerprint density at radius 3 is 2.83 bits per heavy atom. The molecule has 0 radical (unpaired) electrons. The summed E-state index contributed by atoms with van der Waals surface area (Å²) in [6, 6.07) is 5.89. The molecule has 1 aromatic carbocycles. The molecule has 2 atom stereocenters. The molecule has 0 saturated carbocycles. The summed E-state index contributed by atoms with van der Waals surface area (Å²) in [7, 11) is 0. The zero-order valence-corrected chi connectivity index (χ0v) is 13.4. The maximum Gasteiger partial charge on any atom is 0.308 e. The largest absolute Gasteiger partial charge is 0.481 e. The second kappa shape index (κ2) is 6.07. The van der Waals surface area contributed by atoms with E-state index in [-0.39, 0.29) is 18.5 Å². The summed E-state index contributed by atoms with van der Waals surface area (Å²) >= 11 is 0. The third-order valence-corrected chi connectivity index (χ3v) is 4.77. The van der Waals surface area contributed by atoms with Crippen LogP contribution in [0.4, 0.5) is 0 Å². The molecule has 5 heteroatoms. The average molecular weight is 315 g/mol. The minimum atomic E-state index is -0.833. The van der Waals surface area contributed by atoms with Gasteiger partial charge in [-0.2, -0.15) is 0 Å². The molecule has 0 bridgehead atoms. The van der Waals surface area contributed by atoms with Crippen molar-refractivity contribution in [2.24, 2.45) is 5.92 Å². The summed E-state index contributed by atoms with van der Waals surface area (Å²) in [6.07, 6.45) is 3.70. The van der Waals surface area contributed by atoms with Gasteiger partial charge in [0, 0.05) is 18.0 Å². The van der Waals surface area contributed by atoms with Crippen LogP contribution >= 0.6 is 0 Å². The number of rotatable bonds is 3. The van der Waals surface area contributed by atoms with E-state index in [2.05, 4.69) is 6.92 Å². The lowest BCUT2D eigenvalue weighted by atomic mass is 9.93. The Morgan fingerprint density at radius 2 is 2.13 bits per heavy atom. The zero-order valence-electron chi connectivity index (χ0n) is 13.4. The van der Waals surface area contributed by atoms with Gasteiger partial charge in [-0.25, -0.2) is 0 Å². The minimum absolute atomic E-state index is 0.0393. The van der Waals surface area contributed by atoms with Crippen LogP contribution in [-0.2, 0) is 11.2 Å². The predicted octanol–water partition coefficient (Wildman–Crippen LogP) is 3.32. The van der Waals surface area contributed by atoms with E-state index in [4.69, 9.17) is 4.42 Å². The summed E-state index contributed by atoms with van der Waals surface area (Å²) in [5, 5.41) is 10.0. The predicted molar refractivity (Wildman–Crippen MR) is 86.5 cm³/mol. The normalized spacial score (nSPS) is 21.6. The first-order valence-electron chi connectivity index (χ1n) is 8.05. The molecule has 1 aliphatic heterocycles. The van der Waals surface area contributed by atoms with Crippen LogP contribution in [0.1, 0.15) is 42.6 Å². The Kier molecular flexibility index (Phi) is 4.11. The van der Waals surface area contributed by atoms with E-state index in [0.29, 0.717) is 24.0 Å². The first-order chi connectivity index (χ1) is 11.0. The highest BCUT2D eigenvalue weighted by molar-refractivity contribution is 6.06. The van der Waals surface area contributed by atoms with Crippen LogP contribution in [0, 0.1) is 5.92 Å². The molecule has 1 N–H and O–H groups in total. The smallest absolute Gasteiger partial charge is 0.308 e. The minimum Gasteiger partial charge on any atom is -0.481 e. The molecular formula is C18H21NO4. The van der Waals surface area contributed by atoms with Crippen molar-refractivity contribution in [3.05, 3.63) is 35.6 Å². The number of hydrogen-bond donors (Lipinski definition) is 1. The molecule has 2 aromatic rings. The molecule has 1 amide bonds. The van der Waals surface area contributed by atoms with E-state index < -0.39 is 11.9 Å². The van der Waals surface area contributed by atoms with Crippen molar-refractivity contribution in [2.45, 2.75) is 39.2 Å². The highest BCUT2D eigenvalue weighted by atomic mass is 16.4. The summed E-state index contributed by atoms with van der Waals surface area (Å²) in [5.74, 6) is -1.46. The number of aryl methyl sites for hydroxylation is 1. The Labute approximate surface area is 134 Å². The van der Waals surface area contributed by atoms with Gasteiger partial charge in [-0.1, -0.05) is 13.0 Å². The first kappa shape index (κ1) is 15.6. The van der Waals surface area contributed by atoms with Crippen LogP contribution in [0.3, 0.4) is 0 Å². The van der Waals surface area contributed by atoms with E-state index in [1.807, 2.05) is 25.1 Å². The fourth-order valence-corrected chi connectivity index (χ4v) is 3.21. The number of aliphatic carboxylic acids is 1. The van der Waals surface area contributed by atoms with E-state index >= 15 is 0 Å². The highest BCUT2D eigenvalue weighted by Crippen LogP contribution is 2.28. The maximum absolute atomic E-state index is 12.9. The number of carboxylic acids is 1. The van der Waals surface area contributed by atoms with Gasteiger partial charge in [0.15, 0.2) is 0 Å². The van der Waals surface area contributed by atoms with Crippen LogP contribution in [0.2, 0.25) is 0 Å². The quantitative estimate of drug-likeness (QED) is 0.943. The van der Waals surface area contributed by atoms with Crippen molar-refractivity contribution in [1.82, 2.24) is 4.90 Å². The van der Waals surface area contributed by atoms with E-state index in [1.165, 1.54) is 6.26 Å². The number of furan rings is 1. The van der Waals surface area contributed by atoms with E-state index in [0.717, 1.165) is 17.4 Å². The molecule has 3 rings (SSSR count). The van der Waals surface area contributed by atoms with Crippen molar-refractivity contribution < 1.29 is 19.1 Å². The molecule has 2 heterocycles. The first-order valence-corrected chi connectivity index (χ1v) is 8.05. The van der Waals surface area contributed by atoms with E-state index in [9.17, 15) is 14.7 Å². The van der Waals surface area contributed by atoms with Crippen LogP contribution in [0.5, 0.6) is 0 Å². The molecule has 0 aliphatic carbocycles. The van der Waals surface area contributed by atoms with Gasteiger partial charge >= 0.3 is 5.97 Å². The monoisotopic (exact) mass is 315 g/mol. The van der Waals surface area contributed by atoms with Gasteiger partial charge in [-0.3, -0.25) is 9.59 Å².